The highest BCUT2D eigenvalue weighted by Crippen LogP contribution is 2.16. The molecule has 1 heterocycles. The topological polar surface area (TPSA) is 15.3 Å². The lowest BCUT2D eigenvalue weighted by molar-refractivity contribution is 0.193. The quantitative estimate of drug-likeness (QED) is 0.835. The van der Waals surface area contributed by atoms with Crippen LogP contribution in [0.15, 0.2) is 18.2 Å². The van der Waals surface area contributed by atoms with E-state index in [1.807, 2.05) is 6.07 Å². The Morgan fingerprint density at radius 1 is 1.37 bits per heavy atom. The van der Waals surface area contributed by atoms with Gasteiger partial charge in [-0.2, -0.15) is 0 Å². The summed E-state index contributed by atoms with van der Waals surface area (Å²) in [6.45, 7) is 7.45. The molecule has 19 heavy (non-hydrogen) atoms. The smallest absolute Gasteiger partial charge is 0.142 e. The fraction of sp³-hybridized carbons (Fsp3) is 0.600. The highest BCUT2D eigenvalue weighted by atomic mass is 35.5. The van der Waals surface area contributed by atoms with Crippen LogP contribution >= 0.6 is 11.6 Å². The second-order valence-corrected chi connectivity index (χ2v) is 5.86. The number of halogens is 2. The van der Waals surface area contributed by atoms with E-state index in [1.165, 1.54) is 32.0 Å². The second-order valence-electron chi connectivity index (χ2n) is 5.45. The van der Waals surface area contributed by atoms with Gasteiger partial charge in [-0.15, -0.1) is 0 Å². The molecule has 0 atom stereocenters. The first-order chi connectivity index (χ1) is 9.15. The Balaban J connectivity index is 1.65. The fourth-order valence-electron chi connectivity index (χ4n) is 2.41. The van der Waals surface area contributed by atoms with Crippen LogP contribution in [0.5, 0.6) is 0 Å². The van der Waals surface area contributed by atoms with Crippen molar-refractivity contribution >= 4 is 11.6 Å². The largest absolute Gasteiger partial charge is 0.311 e. The molecule has 1 aliphatic heterocycles. The van der Waals surface area contributed by atoms with Gasteiger partial charge in [-0.05, 0) is 49.5 Å². The Bertz CT molecular complexity index is 403. The maximum atomic E-state index is 13.2. The van der Waals surface area contributed by atoms with Gasteiger partial charge in [-0.25, -0.2) is 4.39 Å². The summed E-state index contributed by atoms with van der Waals surface area (Å²) in [5.41, 5.74) is 0.939. The molecule has 1 aromatic rings. The predicted octanol–water partition coefficient (Wildman–Crippen LogP) is 3.30. The fourth-order valence-corrected chi connectivity index (χ4v) is 2.52. The Morgan fingerprint density at radius 3 is 2.79 bits per heavy atom. The molecule has 1 N–H and O–H groups in total. The molecule has 0 bridgehead atoms. The van der Waals surface area contributed by atoms with Crippen molar-refractivity contribution in [1.29, 1.82) is 0 Å². The normalized spacial score (nSPS) is 17.8. The van der Waals surface area contributed by atoms with Gasteiger partial charge in [0.25, 0.3) is 0 Å². The summed E-state index contributed by atoms with van der Waals surface area (Å²) >= 11 is 5.65. The van der Waals surface area contributed by atoms with Gasteiger partial charge < -0.3 is 10.2 Å². The zero-order chi connectivity index (χ0) is 13.7. The molecule has 1 saturated heterocycles. The van der Waals surface area contributed by atoms with E-state index in [0.717, 1.165) is 24.6 Å². The number of likely N-dealkylation sites (tertiary alicyclic amines) is 1. The molecule has 1 fully saturated rings. The van der Waals surface area contributed by atoms with E-state index >= 15 is 0 Å². The third-order valence-corrected chi connectivity index (χ3v) is 4.10. The Morgan fingerprint density at radius 2 is 2.11 bits per heavy atom. The molecular formula is C15H22ClFN2. The first-order valence-electron chi connectivity index (χ1n) is 7.02. The summed E-state index contributed by atoms with van der Waals surface area (Å²) in [7, 11) is 0. The molecule has 0 aliphatic carbocycles. The van der Waals surface area contributed by atoms with Crippen molar-refractivity contribution in [2.24, 2.45) is 5.92 Å². The number of hydrogen-bond donors (Lipinski definition) is 1. The summed E-state index contributed by atoms with van der Waals surface area (Å²) in [5.74, 6) is 0.534. The van der Waals surface area contributed by atoms with Gasteiger partial charge in [-0.3, -0.25) is 0 Å². The van der Waals surface area contributed by atoms with Crippen LogP contribution in [0.4, 0.5) is 4.39 Å². The van der Waals surface area contributed by atoms with Crippen LogP contribution in [0.3, 0.4) is 0 Å². The van der Waals surface area contributed by atoms with Crippen LogP contribution in [-0.4, -0.2) is 31.1 Å². The number of piperidine rings is 1. The van der Waals surface area contributed by atoms with Crippen molar-refractivity contribution in [2.75, 3.05) is 26.2 Å². The predicted molar refractivity (Wildman–Crippen MR) is 78.0 cm³/mol. The van der Waals surface area contributed by atoms with Gasteiger partial charge in [0.15, 0.2) is 0 Å². The molecule has 0 aromatic heterocycles. The number of rotatable bonds is 5. The number of nitrogens with zero attached hydrogens (tertiary/aromatic N) is 1. The lowest BCUT2D eigenvalue weighted by atomic mass is 9.99. The molecule has 1 aliphatic rings. The van der Waals surface area contributed by atoms with Gasteiger partial charge in [0.05, 0.1) is 5.02 Å². The molecule has 0 radical (unpaired) electrons. The van der Waals surface area contributed by atoms with Crippen molar-refractivity contribution in [1.82, 2.24) is 10.2 Å². The maximum absolute atomic E-state index is 13.2. The first-order valence-corrected chi connectivity index (χ1v) is 7.40. The summed E-state index contributed by atoms with van der Waals surface area (Å²) < 4.78 is 13.2. The van der Waals surface area contributed by atoms with Gasteiger partial charge in [-0.1, -0.05) is 24.6 Å². The van der Waals surface area contributed by atoms with Gasteiger partial charge in [0, 0.05) is 19.6 Å². The van der Waals surface area contributed by atoms with Crippen molar-refractivity contribution < 1.29 is 4.39 Å². The molecule has 0 spiro atoms. The second kappa shape index (κ2) is 7.22. The van der Waals surface area contributed by atoms with E-state index in [9.17, 15) is 4.39 Å². The van der Waals surface area contributed by atoms with Crippen molar-refractivity contribution in [3.05, 3.63) is 34.6 Å². The third kappa shape index (κ3) is 4.75. The average Bonchev–Trinajstić information content (AvgIpc) is 2.41. The zero-order valence-electron chi connectivity index (χ0n) is 11.5. The molecule has 0 amide bonds. The lowest BCUT2D eigenvalue weighted by Gasteiger charge is -2.30. The van der Waals surface area contributed by atoms with E-state index in [-0.39, 0.29) is 10.8 Å². The minimum atomic E-state index is -0.342. The molecule has 0 unspecified atom stereocenters. The summed E-state index contributed by atoms with van der Waals surface area (Å²) in [4.78, 5) is 2.50. The van der Waals surface area contributed by atoms with E-state index in [2.05, 4.69) is 17.1 Å². The zero-order valence-corrected chi connectivity index (χ0v) is 12.2. The Kier molecular flexibility index (Phi) is 5.61. The van der Waals surface area contributed by atoms with Crippen molar-refractivity contribution in [3.8, 4) is 0 Å². The molecular weight excluding hydrogens is 263 g/mol. The highest BCUT2D eigenvalue weighted by Gasteiger charge is 2.14. The first kappa shape index (κ1) is 14.8. The van der Waals surface area contributed by atoms with Crippen molar-refractivity contribution in [2.45, 2.75) is 26.3 Å². The number of hydrogen-bond acceptors (Lipinski definition) is 2. The minimum absolute atomic E-state index is 0.186. The Labute approximate surface area is 119 Å². The van der Waals surface area contributed by atoms with E-state index in [4.69, 9.17) is 11.6 Å². The average molecular weight is 285 g/mol. The van der Waals surface area contributed by atoms with Gasteiger partial charge >= 0.3 is 0 Å². The molecule has 2 nitrogen and oxygen atoms in total. The van der Waals surface area contributed by atoms with E-state index < -0.39 is 0 Å². The van der Waals surface area contributed by atoms with Crippen LogP contribution in [0.25, 0.3) is 0 Å². The Hall–Kier alpha value is -0.640. The van der Waals surface area contributed by atoms with Crippen LogP contribution < -0.4 is 5.32 Å². The van der Waals surface area contributed by atoms with E-state index in [0.29, 0.717) is 6.54 Å². The summed E-state index contributed by atoms with van der Waals surface area (Å²) in [6.07, 6.45) is 2.62. The van der Waals surface area contributed by atoms with Gasteiger partial charge in [0.1, 0.15) is 5.82 Å². The molecule has 0 saturated carbocycles. The SMILES string of the molecule is CC1CCN(CCNCc2ccc(Cl)c(F)c2)CC1. The highest BCUT2D eigenvalue weighted by molar-refractivity contribution is 6.30. The number of benzene rings is 1. The maximum Gasteiger partial charge on any atom is 0.142 e. The molecule has 2 rings (SSSR count). The minimum Gasteiger partial charge on any atom is -0.311 e. The molecule has 4 heteroatoms. The summed E-state index contributed by atoms with van der Waals surface area (Å²) in [6, 6.07) is 4.97. The van der Waals surface area contributed by atoms with Crippen LogP contribution in [0.1, 0.15) is 25.3 Å². The standard InChI is InChI=1S/C15H22ClFN2/c1-12-4-7-19(8-5-12)9-6-18-11-13-2-3-14(16)15(17)10-13/h2-3,10,12,18H,4-9,11H2,1H3. The monoisotopic (exact) mass is 284 g/mol. The van der Waals surface area contributed by atoms with Gasteiger partial charge in [0.2, 0.25) is 0 Å². The molecule has 1 aromatic carbocycles. The van der Waals surface area contributed by atoms with E-state index in [1.54, 1.807) is 6.07 Å². The van der Waals surface area contributed by atoms with Crippen molar-refractivity contribution in [3.63, 3.8) is 0 Å². The number of nitrogens with one attached hydrogen (secondary N) is 1. The third-order valence-electron chi connectivity index (χ3n) is 3.79. The summed E-state index contributed by atoms with van der Waals surface area (Å²) in [5, 5.41) is 3.54. The van der Waals surface area contributed by atoms with Crippen LogP contribution in [0.2, 0.25) is 5.02 Å². The van der Waals surface area contributed by atoms with Crippen LogP contribution in [0, 0.1) is 11.7 Å². The lowest BCUT2D eigenvalue weighted by Crippen LogP contribution is -2.37. The molecule has 106 valence electrons. The van der Waals surface area contributed by atoms with Crippen LogP contribution in [-0.2, 0) is 6.54 Å².